The second-order valence-electron chi connectivity index (χ2n) is 6.23. The number of nitrogens with two attached hydrogens (primary N) is 1. The molecule has 0 spiro atoms. The smallest absolute Gasteiger partial charge is 0.0638 e. The third kappa shape index (κ3) is 4.35. The van der Waals surface area contributed by atoms with Gasteiger partial charge in [0.05, 0.1) is 21.4 Å². The van der Waals surface area contributed by atoms with Gasteiger partial charge in [-0.3, -0.25) is 0 Å². The Morgan fingerprint density at radius 2 is 1.46 bits per heavy atom. The third-order valence-corrected chi connectivity index (χ3v) is 4.88. The van der Waals surface area contributed by atoms with E-state index in [1.54, 1.807) is 6.07 Å². The number of anilines is 1. The highest BCUT2D eigenvalue weighted by atomic mass is 35.5. The van der Waals surface area contributed by atoms with E-state index in [9.17, 15) is 0 Å². The van der Waals surface area contributed by atoms with E-state index in [-0.39, 0.29) is 0 Å². The molecule has 4 rings (SSSR count). The predicted molar refractivity (Wildman–Crippen MR) is 100 cm³/mol. The first-order chi connectivity index (χ1) is 11.6. The highest BCUT2D eigenvalue weighted by Crippen LogP contribution is 2.42. The fourth-order valence-electron chi connectivity index (χ4n) is 2.54. The molecule has 0 radical (unpaired) electrons. The average Bonchev–Trinajstić information content (AvgIpc) is 3.45. The Labute approximate surface area is 151 Å². The molecule has 0 atom stereocenters. The van der Waals surface area contributed by atoms with Crippen LogP contribution >= 0.6 is 23.2 Å². The minimum atomic E-state index is 0.508. The zero-order valence-electron chi connectivity index (χ0n) is 13.1. The van der Waals surface area contributed by atoms with E-state index in [2.05, 4.69) is 16.1 Å². The molecule has 0 aliphatic heterocycles. The molecule has 0 amide bonds. The zero-order chi connectivity index (χ0) is 17.1. The zero-order valence-corrected chi connectivity index (χ0v) is 14.6. The molecule has 124 valence electrons. The van der Waals surface area contributed by atoms with Gasteiger partial charge in [-0.1, -0.05) is 46.5 Å². The van der Waals surface area contributed by atoms with Crippen molar-refractivity contribution in [2.24, 2.45) is 5.11 Å². The molecular weight excluding hydrogens is 343 g/mol. The van der Waals surface area contributed by atoms with E-state index in [4.69, 9.17) is 34.5 Å². The van der Waals surface area contributed by atoms with Crippen LogP contribution in [0.4, 0.5) is 11.4 Å². The maximum Gasteiger partial charge on any atom is 0.0638 e. The summed E-state index contributed by atoms with van der Waals surface area (Å²) in [6.07, 6.45) is 5.11. The maximum absolute atomic E-state index is 8.23. The summed E-state index contributed by atoms with van der Waals surface area (Å²) in [5.74, 6) is 1.44. The lowest BCUT2D eigenvalue weighted by molar-refractivity contribution is 1.13. The Bertz CT molecular complexity index is 792. The van der Waals surface area contributed by atoms with Gasteiger partial charge in [-0.05, 0) is 72.4 Å². The van der Waals surface area contributed by atoms with Crippen molar-refractivity contribution in [1.82, 2.24) is 0 Å². The first-order valence-corrected chi connectivity index (χ1v) is 8.73. The molecule has 0 bridgehead atoms. The van der Waals surface area contributed by atoms with Gasteiger partial charge in [-0.25, -0.2) is 0 Å². The highest BCUT2D eigenvalue weighted by Gasteiger charge is 2.24. The fraction of sp³-hybridized carbons (Fsp3) is 0.333. The van der Waals surface area contributed by atoms with E-state index in [1.807, 2.05) is 24.3 Å². The summed E-state index contributed by atoms with van der Waals surface area (Å²) in [7, 11) is 0. The normalized spacial score (nSPS) is 15.9. The lowest BCUT2D eigenvalue weighted by Gasteiger charge is -2.00. The average molecular weight is 361 g/mol. The van der Waals surface area contributed by atoms with Crippen LogP contribution in [0.15, 0.2) is 41.5 Å². The van der Waals surface area contributed by atoms with Crippen LogP contribution in [-0.4, -0.2) is 0 Å². The Kier molecular flexibility index (Phi) is 5.20. The van der Waals surface area contributed by atoms with Crippen molar-refractivity contribution in [2.45, 2.75) is 37.5 Å². The van der Waals surface area contributed by atoms with Crippen LogP contribution in [0, 0.1) is 0 Å². The minimum Gasteiger partial charge on any atom is -0.398 e. The molecule has 2 aliphatic carbocycles. The van der Waals surface area contributed by atoms with Crippen LogP contribution < -0.4 is 5.73 Å². The van der Waals surface area contributed by atoms with Crippen LogP contribution in [0.1, 0.15) is 48.6 Å². The predicted octanol–water partition coefficient (Wildman–Crippen LogP) is 6.96. The minimum absolute atomic E-state index is 0.508. The first kappa shape index (κ1) is 17.0. The van der Waals surface area contributed by atoms with Gasteiger partial charge in [0.25, 0.3) is 0 Å². The van der Waals surface area contributed by atoms with Crippen molar-refractivity contribution in [3.63, 3.8) is 0 Å². The molecular formula is C18H18Cl2N4. The molecule has 2 aromatic carbocycles. The van der Waals surface area contributed by atoms with Gasteiger partial charge in [0.1, 0.15) is 0 Å². The van der Waals surface area contributed by atoms with E-state index < -0.39 is 0 Å². The summed E-state index contributed by atoms with van der Waals surface area (Å²) in [6.45, 7) is 0. The molecule has 24 heavy (non-hydrogen) atoms. The Morgan fingerprint density at radius 3 is 1.92 bits per heavy atom. The second-order valence-corrected chi connectivity index (χ2v) is 7.04. The number of halogens is 2. The molecule has 2 N–H and O–H groups in total. The molecule has 0 heterocycles. The molecule has 2 fully saturated rings. The van der Waals surface area contributed by atoms with Gasteiger partial charge >= 0.3 is 0 Å². The van der Waals surface area contributed by atoms with Crippen LogP contribution in [0.3, 0.4) is 0 Å². The van der Waals surface area contributed by atoms with E-state index in [0.717, 1.165) is 5.92 Å². The quantitative estimate of drug-likeness (QED) is 0.273. The second kappa shape index (κ2) is 7.35. The van der Waals surface area contributed by atoms with Crippen LogP contribution in [0.2, 0.25) is 10.0 Å². The lowest BCUT2D eigenvalue weighted by atomic mass is 10.1. The van der Waals surface area contributed by atoms with E-state index in [0.29, 0.717) is 27.3 Å². The van der Waals surface area contributed by atoms with Crippen LogP contribution in [0.25, 0.3) is 10.4 Å². The van der Waals surface area contributed by atoms with E-state index in [1.165, 1.54) is 36.8 Å². The van der Waals surface area contributed by atoms with Gasteiger partial charge in [0.15, 0.2) is 0 Å². The summed E-state index contributed by atoms with van der Waals surface area (Å²) in [4.78, 5) is 2.70. The Balaban J connectivity index is 0.000000143. The molecule has 6 heteroatoms. The van der Waals surface area contributed by atoms with Crippen molar-refractivity contribution in [1.29, 1.82) is 0 Å². The highest BCUT2D eigenvalue weighted by molar-refractivity contribution is 6.33. The molecule has 0 saturated heterocycles. The van der Waals surface area contributed by atoms with Crippen molar-refractivity contribution >= 4 is 34.6 Å². The summed E-state index contributed by atoms with van der Waals surface area (Å²) in [6, 6.07) is 11.6. The fourth-order valence-corrected chi connectivity index (χ4v) is 2.95. The molecule has 2 aliphatic rings. The van der Waals surface area contributed by atoms with Crippen LogP contribution in [0.5, 0.6) is 0 Å². The first-order valence-electron chi connectivity index (χ1n) is 7.98. The molecule has 2 saturated carbocycles. The molecule has 4 nitrogen and oxygen atoms in total. The summed E-state index contributed by atoms with van der Waals surface area (Å²) < 4.78 is 0. The van der Waals surface area contributed by atoms with Gasteiger partial charge in [-0.15, -0.1) is 0 Å². The number of nitrogens with zero attached hydrogens (tertiary/aromatic N) is 3. The summed E-state index contributed by atoms with van der Waals surface area (Å²) in [5.41, 5.74) is 17.6. The van der Waals surface area contributed by atoms with Crippen molar-refractivity contribution < 1.29 is 0 Å². The maximum atomic E-state index is 8.23. The topological polar surface area (TPSA) is 74.8 Å². The monoisotopic (exact) mass is 360 g/mol. The van der Waals surface area contributed by atoms with Gasteiger partial charge in [0.2, 0.25) is 0 Å². The van der Waals surface area contributed by atoms with Crippen molar-refractivity contribution in [3.8, 4) is 0 Å². The third-order valence-electron chi connectivity index (χ3n) is 4.25. The Hall–Kier alpha value is -1.87. The largest absolute Gasteiger partial charge is 0.398 e. The molecule has 0 unspecified atom stereocenters. The number of hydrogen-bond acceptors (Lipinski definition) is 2. The van der Waals surface area contributed by atoms with Gasteiger partial charge < -0.3 is 5.73 Å². The SMILES string of the molecule is Nc1ccc(C2CC2)cc1Cl.[N-]=[N+]=Nc1ccc(C2CC2)cc1Cl. The van der Waals surface area contributed by atoms with Gasteiger partial charge in [0, 0.05) is 4.91 Å². The van der Waals surface area contributed by atoms with Crippen LogP contribution in [-0.2, 0) is 0 Å². The van der Waals surface area contributed by atoms with Crippen molar-refractivity contribution in [2.75, 3.05) is 5.73 Å². The Morgan fingerprint density at radius 1 is 0.917 bits per heavy atom. The summed E-state index contributed by atoms with van der Waals surface area (Å²) >= 11 is 11.8. The number of rotatable bonds is 3. The number of hydrogen-bond donors (Lipinski definition) is 1. The number of azide groups is 1. The summed E-state index contributed by atoms with van der Waals surface area (Å²) in [5, 5.41) is 4.71. The number of nitrogen functional groups attached to an aromatic ring is 1. The standard InChI is InChI=1S/C9H8ClN3.C9H10ClN/c10-8-5-7(6-1-2-6)3-4-9(8)12-13-11;10-8-5-7(6-1-2-6)3-4-9(8)11/h3-6H,1-2H2;3-6H,1-2,11H2. The van der Waals surface area contributed by atoms with Gasteiger partial charge in [-0.2, -0.15) is 0 Å². The lowest BCUT2D eigenvalue weighted by Crippen LogP contribution is -1.87. The molecule has 0 aromatic heterocycles. The van der Waals surface area contributed by atoms with E-state index >= 15 is 0 Å². The molecule has 2 aromatic rings. The number of benzene rings is 2. The van der Waals surface area contributed by atoms with Crippen molar-refractivity contribution in [3.05, 3.63) is 68.0 Å².